The minimum absolute atomic E-state index is 0.0139. The van der Waals surface area contributed by atoms with Crippen molar-refractivity contribution < 1.29 is 73.2 Å². The van der Waals surface area contributed by atoms with E-state index in [4.69, 9.17) is 42.2 Å². The predicted octanol–water partition coefficient (Wildman–Crippen LogP) is 8.08. The second-order valence-corrected chi connectivity index (χ2v) is 20.4. The lowest BCUT2D eigenvalue weighted by Crippen LogP contribution is -2.13. The summed E-state index contributed by atoms with van der Waals surface area (Å²) in [5.41, 5.74) is 0.975. The van der Waals surface area contributed by atoms with Crippen molar-refractivity contribution in [3.05, 3.63) is 107 Å². The second-order valence-electron chi connectivity index (χ2n) is 13.5. The van der Waals surface area contributed by atoms with E-state index in [0.717, 1.165) is 12.5 Å². The molecule has 0 radical (unpaired) electrons. The van der Waals surface area contributed by atoms with Gasteiger partial charge in [0.2, 0.25) is 0 Å². The lowest BCUT2D eigenvalue weighted by Gasteiger charge is -2.15. The number of carbonyl (C=O) groups excluding carboxylic acids is 2. The standard InChI is InChI=1S/C25H31N2O9PS2.C18H20O7S/c1-5-34-37(29,35-6-2)16-19-17-38-25(26-19)27-24(28)18-13-21(33-12-11-32-3)15-22(14-18)36-20-7-9-23(10-8-20)39(4,30)31;1-22-8-9-24-15-10-13(18(19)23-2)11-16(12-15)25-14-4-6-17(7-5-14)26(3,20)21/h7-10,13-15,17H,5-6,11-12,16H2,1-4H3,(H,26,27,28);4-7,10-12H,8-9H2,1-3H3. The molecule has 0 unspecified atom stereocenters. The van der Waals surface area contributed by atoms with Crippen molar-refractivity contribution in [3.8, 4) is 34.5 Å². The van der Waals surface area contributed by atoms with Crippen LogP contribution in [0.5, 0.6) is 34.5 Å². The maximum Gasteiger partial charge on any atom is 0.338 e. The summed E-state index contributed by atoms with van der Waals surface area (Å²) >= 11 is 1.18. The maximum atomic E-state index is 13.1. The zero-order valence-corrected chi connectivity index (χ0v) is 40.1. The van der Waals surface area contributed by atoms with Crippen LogP contribution in [0.4, 0.5) is 5.13 Å². The van der Waals surface area contributed by atoms with E-state index in [0.29, 0.717) is 65.1 Å². The molecule has 1 aromatic heterocycles. The third-order valence-electron chi connectivity index (χ3n) is 8.31. The molecule has 352 valence electrons. The van der Waals surface area contributed by atoms with Gasteiger partial charge in [-0.15, -0.1) is 11.3 Å². The number of sulfone groups is 2. The highest BCUT2D eigenvalue weighted by Crippen LogP contribution is 2.51. The number of anilines is 1. The number of amides is 1. The Hall–Kier alpha value is -5.38. The number of thiazole rings is 1. The third-order valence-corrected chi connectivity index (χ3v) is 13.4. The normalized spacial score (nSPS) is 11.5. The highest BCUT2D eigenvalue weighted by atomic mass is 32.2. The largest absolute Gasteiger partial charge is 0.491 e. The molecular weight excluding hydrogens is 928 g/mol. The lowest BCUT2D eigenvalue weighted by atomic mass is 10.2. The van der Waals surface area contributed by atoms with Crippen molar-refractivity contribution in [1.82, 2.24) is 4.98 Å². The molecule has 5 aromatic rings. The Bertz CT molecular complexity index is 2610. The Morgan fingerprint density at radius 2 is 1.08 bits per heavy atom. The molecule has 22 heteroatoms. The van der Waals surface area contributed by atoms with Crippen LogP contribution in [-0.2, 0) is 53.7 Å². The van der Waals surface area contributed by atoms with Crippen LogP contribution >= 0.6 is 18.9 Å². The highest BCUT2D eigenvalue weighted by Gasteiger charge is 2.26. The summed E-state index contributed by atoms with van der Waals surface area (Å²) in [6.45, 7) is 5.23. The van der Waals surface area contributed by atoms with Crippen LogP contribution in [0.15, 0.2) is 100 Å². The predicted molar refractivity (Wildman–Crippen MR) is 243 cm³/mol. The number of nitrogens with zero attached hydrogens (tertiary/aromatic N) is 1. The molecule has 0 aliphatic carbocycles. The van der Waals surface area contributed by atoms with E-state index < -0.39 is 39.1 Å². The molecule has 0 fully saturated rings. The number of hydrogen-bond acceptors (Lipinski definition) is 18. The number of rotatable bonds is 23. The van der Waals surface area contributed by atoms with E-state index in [1.165, 1.54) is 79.1 Å². The Morgan fingerprint density at radius 3 is 1.51 bits per heavy atom. The van der Waals surface area contributed by atoms with Gasteiger partial charge in [0.25, 0.3) is 5.91 Å². The van der Waals surface area contributed by atoms with Gasteiger partial charge >= 0.3 is 13.6 Å². The average molecular weight is 979 g/mol. The molecular formula is C43H51N2O16PS3. The minimum atomic E-state index is -3.35. The first-order chi connectivity index (χ1) is 30.9. The van der Waals surface area contributed by atoms with E-state index in [-0.39, 0.29) is 46.9 Å². The van der Waals surface area contributed by atoms with Crippen LogP contribution in [0.1, 0.15) is 40.3 Å². The minimum Gasteiger partial charge on any atom is -0.491 e. The summed E-state index contributed by atoms with van der Waals surface area (Å²) < 4.78 is 107. The highest BCUT2D eigenvalue weighted by molar-refractivity contribution is 7.91. The number of esters is 1. The van der Waals surface area contributed by atoms with Crippen molar-refractivity contribution in [2.75, 3.05) is 78.8 Å². The van der Waals surface area contributed by atoms with Gasteiger partial charge in [-0.3, -0.25) is 14.7 Å². The Morgan fingerprint density at radius 1 is 0.631 bits per heavy atom. The lowest BCUT2D eigenvalue weighted by molar-refractivity contribution is 0.0599. The summed E-state index contributed by atoms with van der Waals surface area (Å²) in [7, 11) is -5.58. The number of hydrogen-bond donors (Lipinski definition) is 1. The Kier molecular flexibility index (Phi) is 19.9. The fraction of sp³-hybridized carbons (Fsp3) is 0.326. The van der Waals surface area contributed by atoms with Crippen LogP contribution in [0.3, 0.4) is 0 Å². The molecule has 65 heavy (non-hydrogen) atoms. The smallest absolute Gasteiger partial charge is 0.338 e. The van der Waals surface area contributed by atoms with Crippen molar-refractivity contribution in [1.29, 1.82) is 0 Å². The molecule has 0 aliphatic rings. The van der Waals surface area contributed by atoms with Gasteiger partial charge < -0.3 is 42.2 Å². The summed E-state index contributed by atoms with van der Waals surface area (Å²) in [6, 6.07) is 21.2. The maximum absolute atomic E-state index is 13.1. The molecule has 0 bridgehead atoms. The van der Waals surface area contributed by atoms with E-state index >= 15 is 0 Å². The topological polar surface area (TPSA) is 227 Å². The number of nitrogens with one attached hydrogen (secondary N) is 1. The van der Waals surface area contributed by atoms with Crippen LogP contribution in [0.2, 0.25) is 0 Å². The molecule has 0 spiro atoms. The monoisotopic (exact) mass is 978 g/mol. The SMILES string of the molecule is CCOP(=O)(Cc1csc(NC(=O)c2cc(OCCOC)cc(Oc3ccc(S(C)(=O)=O)cc3)c2)n1)OCC.COCCOc1cc(Oc2ccc(S(C)(=O)=O)cc2)cc(C(=O)OC)c1. The van der Waals surface area contributed by atoms with Crippen LogP contribution in [0.25, 0.3) is 0 Å². The molecule has 4 aromatic carbocycles. The molecule has 0 atom stereocenters. The van der Waals surface area contributed by atoms with Crippen LogP contribution in [-0.4, -0.2) is 107 Å². The first-order valence-electron chi connectivity index (χ1n) is 19.6. The number of ether oxygens (including phenoxy) is 7. The first kappa shape index (κ1) is 52.2. The van der Waals surface area contributed by atoms with Gasteiger partial charge in [0, 0.05) is 49.8 Å². The van der Waals surface area contributed by atoms with Gasteiger partial charge in [-0.25, -0.2) is 26.6 Å². The zero-order valence-electron chi connectivity index (χ0n) is 36.8. The molecule has 18 nitrogen and oxygen atoms in total. The van der Waals surface area contributed by atoms with E-state index in [1.54, 1.807) is 57.7 Å². The van der Waals surface area contributed by atoms with Gasteiger partial charge in [-0.1, -0.05) is 0 Å². The van der Waals surface area contributed by atoms with Crippen molar-refractivity contribution in [3.63, 3.8) is 0 Å². The van der Waals surface area contributed by atoms with Gasteiger partial charge in [0.15, 0.2) is 24.8 Å². The fourth-order valence-corrected chi connectivity index (χ4v) is 9.08. The Balaban J connectivity index is 0.000000309. The molecule has 1 N–H and O–H groups in total. The van der Waals surface area contributed by atoms with Gasteiger partial charge in [0.1, 0.15) is 47.7 Å². The average Bonchev–Trinajstić information content (AvgIpc) is 3.69. The van der Waals surface area contributed by atoms with Crippen molar-refractivity contribution in [2.24, 2.45) is 0 Å². The van der Waals surface area contributed by atoms with Gasteiger partial charge in [-0.2, -0.15) is 0 Å². The van der Waals surface area contributed by atoms with E-state index in [1.807, 2.05) is 0 Å². The summed E-state index contributed by atoms with van der Waals surface area (Å²) in [5, 5.41) is 4.72. The number of benzene rings is 4. The number of aromatic nitrogens is 1. The molecule has 1 amide bonds. The summed E-state index contributed by atoms with van der Waals surface area (Å²) in [4.78, 5) is 29.6. The second kappa shape index (κ2) is 24.8. The Labute approximate surface area is 382 Å². The number of methoxy groups -OCH3 is 3. The van der Waals surface area contributed by atoms with E-state index in [2.05, 4.69) is 10.3 Å². The van der Waals surface area contributed by atoms with Gasteiger partial charge in [0.05, 0.1) is 60.7 Å². The molecule has 5 rings (SSSR count). The van der Waals surface area contributed by atoms with Crippen LogP contribution in [0, 0.1) is 0 Å². The fourth-order valence-electron chi connectivity index (χ4n) is 5.39. The molecule has 1 heterocycles. The molecule has 0 saturated heterocycles. The number of carbonyl (C=O) groups is 2. The van der Waals surface area contributed by atoms with Crippen LogP contribution < -0.4 is 24.3 Å². The molecule has 0 saturated carbocycles. The third kappa shape index (κ3) is 17.2. The summed E-state index contributed by atoms with van der Waals surface area (Å²) in [5.74, 6) is 1.25. The van der Waals surface area contributed by atoms with Crippen molar-refractivity contribution in [2.45, 2.75) is 29.8 Å². The molecule has 0 aliphatic heterocycles. The summed E-state index contributed by atoms with van der Waals surface area (Å²) in [6.07, 6.45) is 2.24. The zero-order chi connectivity index (χ0) is 47.6. The van der Waals surface area contributed by atoms with Gasteiger partial charge in [-0.05, 0) is 86.6 Å². The van der Waals surface area contributed by atoms with E-state index in [9.17, 15) is 31.0 Å². The van der Waals surface area contributed by atoms with Crippen molar-refractivity contribution >= 4 is 55.6 Å². The first-order valence-corrected chi connectivity index (χ1v) is 26.0. The quantitative estimate of drug-likeness (QED) is 0.0371.